The number of alkyl halides is 2. The predicted octanol–water partition coefficient (Wildman–Crippen LogP) is 1.36. The lowest BCUT2D eigenvalue weighted by Crippen LogP contribution is -2.44. The molecule has 0 bridgehead atoms. The van der Waals surface area contributed by atoms with E-state index in [9.17, 15) is 22.0 Å². The van der Waals surface area contributed by atoms with Crippen LogP contribution >= 0.6 is 0 Å². The molecule has 1 N–H and O–H groups in total. The molecule has 0 aliphatic carbocycles. The molecule has 1 fully saturated rings. The Hall–Kier alpha value is -0.760. The van der Waals surface area contributed by atoms with Crippen LogP contribution in [0.2, 0.25) is 0 Å². The molecular weight excluding hydrogens is 268 g/mol. The molecule has 1 aliphatic heterocycles. The van der Waals surface area contributed by atoms with Crippen molar-refractivity contribution in [2.24, 2.45) is 11.8 Å². The lowest BCUT2D eigenvalue weighted by molar-refractivity contribution is -0.138. The first-order chi connectivity index (χ1) is 8.25. The van der Waals surface area contributed by atoms with Crippen molar-refractivity contribution in [3.63, 3.8) is 0 Å². The number of hydrogen-bond acceptors (Lipinski definition) is 3. The molecule has 2 unspecified atom stereocenters. The first kappa shape index (κ1) is 15.3. The first-order valence-electron chi connectivity index (χ1n) is 5.74. The molecule has 106 valence electrons. The third-order valence-corrected chi connectivity index (χ3v) is 4.81. The highest BCUT2D eigenvalue weighted by molar-refractivity contribution is 7.89. The van der Waals surface area contributed by atoms with Gasteiger partial charge in [0.05, 0.1) is 0 Å². The van der Waals surface area contributed by atoms with Gasteiger partial charge in [-0.3, -0.25) is 4.79 Å². The number of carboxylic acid groups (broad SMARTS) is 1. The topological polar surface area (TPSA) is 74.7 Å². The SMILES string of the molecule is CC(CC(=O)O)C1CCCN(S(=O)(=O)C(F)F)C1. The molecular formula is C10H17F2NO4S. The summed E-state index contributed by atoms with van der Waals surface area (Å²) >= 11 is 0. The first-order valence-corrected chi connectivity index (χ1v) is 7.24. The summed E-state index contributed by atoms with van der Waals surface area (Å²) < 4.78 is 48.3. The van der Waals surface area contributed by atoms with E-state index in [2.05, 4.69) is 0 Å². The maximum absolute atomic E-state index is 12.4. The van der Waals surface area contributed by atoms with Crippen LogP contribution in [0.4, 0.5) is 8.78 Å². The number of piperidine rings is 1. The standard InChI is InChI=1S/C10H17F2NO4S/c1-7(5-9(14)15)8-3-2-4-13(6-8)18(16,17)10(11)12/h7-8,10H,2-6H2,1H3,(H,14,15). The third kappa shape index (κ3) is 3.61. The summed E-state index contributed by atoms with van der Waals surface area (Å²) in [6, 6.07) is 0. The van der Waals surface area contributed by atoms with Crippen molar-refractivity contribution in [1.82, 2.24) is 4.31 Å². The van der Waals surface area contributed by atoms with E-state index in [1.54, 1.807) is 6.92 Å². The van der Waals surface area contributed by atoms with Crippen molar-refractivity contribution in [3.05, 3.63) is 0 Å². The number of carboxylic acids is 1. The molecule has 0 radical (unpaired) electrons. The van der Waals surface area contributed by atoms with Crippen LogP contribution in [0.15, 0.2) is 0 Å². The maximum Gasteiger partial charge on any atom is 0.350 e. The molecule has 8 heteroatoms. The van der Waals surface area contributed by atoms with E-state index in [4.69, 9.17) is 5.11 Å². The smallest absolute Gasteiger partial charge is 0.350 e. The van der Waals surface area contributed by atoms with Gasteiger partial charge in [-0.05, 0) is 24.7 Å². The zero-order valence-electron chi connectivity index (χ0n) is 10.1. The molecule has 1 saturated heterocycles. The van der Waals surface area contributed by atoms with Gasteiger partial charge in [0.1, 0.15) is 0 Å². The van der Waals surface area contributed by atoms with Gasteiger partial charge in [0.25, 0.3) is 10.0 Å². The summed E-state index contributed by atoms with van der Waals surface area (Å²) in [7, 11) is -4.54. The van der Waals surface area contributed by atoms with Gasteiger partial charge in [-0.2, -0.15) is 13.1 Å². The number of halogens is 2. The Morgan fingerprint density at radius 2 is 2.11 bits per heavy atom. The lowest BCUT2D eigenvalue weighted by atomic mass is 9.85. The quantitative estimate of drug-likeness (QED) is 0.827. The summed E-state index contributed by atoms with van der Waals surface area (Å²) in [6.07, 6.45) is 1.08. The molecule has 1 heterocycles. The van der Waals surface area contributed by atoms with Crippen molar-refractivity contribution in [2.45, 2.75) is 31.9 Å². The Kier molecular flexibility index (Phi) is 5.03. The molecule has 5 nitrogen and oxygen atoms in total. The summed E-state index contributed by atoms with van der Waals surface area (Å²) in [5.74, 6) is -4.77. The van der Waals surface area contributed by atoms with Gasteiger partial charge < -0.3 is 5.11 Å². The Morgan fingerprint density at radius 1 is 1.50 bits per heavy atom. The van der Waals surface area contributed by atoms with Gasteiger partial charge in [0.15, 0.2) is 0 Å². The zero-order chi connectivity index (χ0) is 13.9. The number of aliphatic carboxylic acids is 1. The summed E-state index contributed by atoms with van der Waals surface area (Å²) in [5.41, 5.74) is 0. The fourth-order valence-electron chi connectivity index (χ4n) is 2.22. The molecule has 18 heavy (non-hydrogen) atoms. The minimum absolute atomic E-state index is 0.0128. The number of rotatable bonds is 5. The Balaban J connectivity index is 2.70. The molecule has 0 amide bonds. The second-order valence-corrected chi connectivity index (χ2v) is 6.54. The summed E-state index contributed by atoms with van der Waals surface area (Å²) in [4.78, 5) is 10.6. The number of hydrogen-bond donors (Lipinski definition) is 1. The minimum Gasteiger partial charge on any atom is -0.481 e. The van der Waals surface area contributed by atoms with Gasteiger partial charge in [-0.25, -0.2) is 8.42 Å². The van der Waals surface area contributed by atoms with Crippen LogP contribution in [0.3, 0.4) is 0 Å². The fourth-order valence-corrected chi connectivity index (χ4v) is 3.23. The monoisotopic (exact) mass is 285 g/mol. The largest absolute Gasteiger partial charge is 0.481 e. The minimum atomic E-state index is -4.54. The number of carbonyl (C=O) groups is 1. The molecule has 0 aromatic heterocycles. The average molecular weight is 285 g/mol. The number of sulfonamides is 1. The Morgan fingerprint density at radius 3 is 2.61 bits per heavy atom. The molecule has 0 aromatic carbocycles. The van der Waals surface area contributed by atoms with E-state index in [1.807, 2.05) is 0 Å². The summed E-state index contributed by atoms with van der Waals surface area (Å²) in [6.45, 7) is 1.78. The van der Waals surface area contributed by atoms with Crippen LogP contribution in [-0.4, -0.2) is 42.6 Å². The number of nitrogens with zero attached hydrogens (tertiary/aromatic N) is 1. The highest BCUT2D eigenvalue weighted by atomic mass is 32.2. The van der Waals surface area contributed by atoms with E-state index >= 15 is 0 Å². The second-order valence-electron chi connectivity index (χ2n) is 4.64. The highest BCUT2D eigenvalue weighted by Crippen LogP contribution is 2.28. The van der Waals surface area contributed by atoms with Crippen LogP contribution in [-0.2, 0) is 14.8 Å². The van der Waals surface area contributed by atoms with Crippen LogP contribution in [0.25, 0.3) is 0 Å². The Labute approximate surface area is 105 Å². The van der Waals surface area contributed by atoms with E-state index in [-0.39, 0.29) is 31.3 Å². The van der Waals surface area contributed by atoms with Gasteiger partial charge in [-0.15, -0.1) is 0 Å². The zero-order valence-corrected chi connectivity index (χ0v) is 10.9. The van der Waals surface area contributed by atoms with Crippen molar-refractivity contribution in [2.75, 3.05) is 13.1 Å². The van der Waals surface area contributed by atoms with Crippen molar-refractivity contribution in [1.29, 1.82) is 0 Å². The lowest BCUT2D eigenvalue weighted by Gasteiger charge is -2.34. The highest BCUT2D eigenvalue weighted by Gasteiger charge is 2.36. The van der Waals surface area contributed by atoms with Crippen molar-refractivity contribution in [3.8, 4) is 0 Å². The van der Waals surface area contributed by atoms with Crippen molar-refractivity contribution < 1.29 is 27.1 Å². The van der Waals surface area contributed by atoms with Gasteiger partial charge in [-0.1, -0.05) is 6.92 Å². The van der Waals surface area contributed by atoms with Gasteiger partial charge in [0, 0.05) is 19.5 Å². The van der Waals surface area contributed by atoms with Gasteiger partial charge in [0.2, 0.25) is 0 Å². The van der Waals surface area contributed by atoms with Crippen LogP contribution in [0, 0.1) is 11.8 Å². The van der Waals surface area contributed by atoms with Gasteiger partial charge >= 0.3 is 11.7 Å². The summed E-state index contributed by atoms with van der Waals surface area (Å²) in [5, 5.41) is 8.68. The Bertz CT molecular complexity index is 399. The van der Waals surface area contributed by atoms with Crippen LogP contribution in [0.5, 0.6) is 0 Å². The van der Waals surface area contributed by atoms with E-state index < -0.39 is 21.8 Å². The molecule has 1 rings (SSSR count). The van der Waals surface area contributed by atoms with Crippen molar-refractivity contribution >= 4 is 16.0 Å². The molecule has 2 atom stereocenters. The maximum atomic E-state index is 12.4. The van der Waals surface area contributed by atoms with E-state index in [0.717, 1.165) is 4.31 Å². The van der Waals surface area contributed by atoms with E-state index in [0.29, 0.717) is 12.8 Å². The molecule has 0 aromatic rings. The molecule has 0 spiro atoms. The molecule has 1 aliphatic rings. The fraction of sp³-hybridized carbons (Fsp3) is 0.900. The van der Waals surface area contributed by atoms with Crippen LogP contribution in [0.1, 0.15) is 26.2 Å². The normalized spacial score (nSPS) is 24.1. The van der Waals surface area contributed by atoms with Crippen LogP contribution < -0.4 is 0 Å². The average Bonchev–Trinajstić information content (AvgIpc) is 2.28. The third-order valence-electron chi connectivity index (χ3n) is 3.31. The van der Waals surface area contributed by atoms with E-state index in [1.165, 1.54) is 0 Å². The predicted molar refractivity (Wildman–Crippen MR) is 60.6 cm³/mol. The second kappa shape index (κ2) is 5.92. The molecule has 0 saturated carbocycles.